The van der Waals surface area contributed by atoms with Crippen LogP contribution in [0.3, 0.4) is 0 Å². The minimum Gasteiger partial charge on any atom is -0.368 e. The molecule has 0 aliphatic carbocycles. The van der Waals surface area contributed by atoms with Crippen LogP contribution in [0.4, 0.5) is 0 Å². The molecule has 5 heteroatoms. The number of rotatable bonds is 4. The second kappa shape index (κ2) is 7.09. The van der Waals surface area contributed by atoms with Gasteiger partial charge in [-0.15, -0.1) is 12.4 Å². The Bertz CT molecular complexity index is 214. The standard InChI is InChI=1S/C11H22N2O2.ClH/c1-4-13(5-2)10(14)11(15-3)6-8-12-9-7-11;/h12H,4-9H2,1-3H3;1H. The van der Waals surface area contributed by atoms with Crippen LogP contribution in [-0.2, 0) is 9.53 Å². The lowest BCUT2D eigenvalue weighted by molar-refractivity contribution is -0.157. The van der Waals surface area contributed by atoms with E-state index >= 15 is 0 Å². The Morgan fingerprint density at radius 1 is 1.31 bits per heavy atom. The van der Waals surface area contributed by atoms with Crippen molar-refractivity contribution in [3.05, 3.63) is 0 Å². The molecule has 0 aromatic carbocycles. The average molecular weight is 251 g/mol. The van der Waals surface area contributed by atoms with Gasteiger partial charge in [0.2, 0.25) is 0 Å². The minimum atomic E-state index is -0.572. The van der Waals surface area contributed by atoms with Crippen molar-refractivity contribution in [1.82, 2.24) is 10.2 Å². The molecule has 1 aliphatic heterocycles. The molecule has 0 aromatic heterocycles. The molecular formula is C11H23ClN2O2. The number of likely N-dealkylation sites (N-methyl/N-ethyl adjacent to an activating group) is 1. The zero-order valence-electron chi connectivity index (χ0n) is 10.4. The molecule has 0 atom stereocenters. The summed E-state index contributed by atoms with van der Waals surface area (Å²) in [5.41, 5.74) is -0.572. The first-order chi connectivity index (χ1) is 7.20. The third-order valence-corrected chi connectivity index (χ3v) is 3.24. The molecule has 0 saturated carbocycles. The number of amides is 1. The van der Waals surface area contributed by atoms with Crippen LogP contribution in [0.2, 0.25) is 0 Å². The van der Waals surface area contributed by atoms with Crippen LogP contribution < -0.4 is 5.32 Å². The topological polar surface area (TPSA) is 41.6 Å². The summed E-state index contributed by atoms with van der Waals surface area (Å²) in [5.74, 6) is 0.150. The third kappa shape index (κ3) is 3.09. The fourth-order valence-corrected chi connectivity index (χ4v) is 2.13. The highest BCUT2D eigenvalue weighted by atomic mass is 35.5. The summed E-state index contributed by atoms with van der Waals surface area (Å²) in [6.45, 7) is 7.25. The summed E-state index contributed by atoms with van der Waals surface area (Å²) in [7, 11) is 1.65. The number of hydrogen-bond acceptors (Lipinski definition) is 3. The van der Waals surface area contributed by atoms with Crippen molar-refractivity contribution in [2.75, 3.05) is 33.3 Å². The Morgan fingerprint density at radius 3 is 2.19 bits per heavy atom. The van der Waals surface area contributed by atoms with Crippen molar-refractivity contribution < 1.29 is 9.53 Å². The van der Waals surface area contributed by atoms with Crippen molar-refractivity contribution in [1.29, 1.82) is 0 Å². The summed E-state index contributed by atoms with van der Waals surface area (Å²) in [6.07, 6.45) is 1.55. The lowest BCUT2D eigenvalue weighted by atomic mass is 9.90. The summed E-state index contributed by atoms with van der Waals surface area (Å²) >= 11 is 0. The van der Waals surface area contributed by atoms with E-state index in [1.54, 1.807) is 7.11 Å². The summed E-state index contributed by atoms with van der Waals surface area (Å²) < 4.78 is 5.49. The van der Waals surface area contributed by atoms with Crippen LogP contribution in [0.25, 0.3) is 0 Å². The molecule has 0 radical (unpaired) electrons. The number of halogens is 1. The molecule has 96 valence electrons. The second-order valence-electron chi connectivity index (χ2n) is 3.93. The highest BCUT2D eigenvalue weighted by Crippen LogP contribution is 2.24. The maximum Gasteiger partial charge on any atom is 0.254 e. The zero-order chi connectivity index (χ0) is 11.3. The lowest BCUT2D eigenvalue weighted by Crippen LogP contribution is -2.55. The molecule has 1 rings (SSSR count). The van der Waals surface area contributed by atoms with E-state index in [2.05, 4.69) is 5.32 Å². The van der Waals surface area contributed by atoms with E-state index < -0.39 is 5.60 Å². The highest BCUT2D eigenvalue weighted by Gasteiger charge is 2.41. The predicted octanol–water partition coefficient (Wildman–Crippen LogP) is 1.05. The molecule has 1 fully saturated rings. The van der Waals surface area contributed by atoms with Crippen molar-refractivity contribution in [3.8, 4) is 0 Å². The highest BCUT2D eigenvalue weighted by molar-refractivity contribution is 5.85. The van der Waals surface area contributed by atoms with Crippen LogP contribution in [0.1, 0.15) is 26.7 Å². The van der Waals surface area contributed by atoms with Crippen molar-refractivity contribution in [2.24, 2.45) is 0 Å². The smallest absolute Gasteiger partial charge is 0.254 e. The van der Waals surface area contributed by atoms with Gasteiger partial charge in [0.25, 0.3) is 5.91 Å². The molecule has 0 unspecified atom stereocenters. The quantitative estimate of drug-likeness (QED) is 0.811. The number of nitrogens with zero attached hydrogens (tertiary/aromatic N) is 1. The summed E-state index contributed by atoms with van der Waals surface area (Å²) in [5, 5.41) is 3.25. The van der Waals surface area contributed by atoms with Gasteiger partial charge >= 0.3 is 0 Å². The van der Waals surface area contributed by atoms with Gasteiger partial charge in [-0.1, -0.05) is 0 Å². The monoisotopic (exact) mass is 250 g/mol. The van der Waals surface area contributed by atoms with E-state index in [9.17, 15) is 4.79 Å². The molecule has 0 bridgehead atoms. The Kier molecular flexibility index (Phi) is 6.95. The van der Waals surface area contributed by atoms with E-state index in [1.807, 2.05) is 18.7 Å². The van der Waals surface area contributed by atoms with E-state index in [0.29, 0.717) is 0 Å². The molecular weight excluding hydrogens is 228 g/mol. The van der Waals surface area contributed by atoms with Crippen molar-refractivity contribution in [2.45, 2.75) is 32.3 Å². The van der Waals surface area contributed by atoms with Gasteiger partial charge in [-0.3, -0.25) is 4.79 Å². The molecule has 1 aliphatic rings. The number of methoxy groups -OCH3 is 1. The number of carbonyl (C=O) groups is 1. The molecule has 1 amide bonds. The van der Waals surface area contributed by atoms with Crippen LogP contribution in [0.5, 0.6) is 0 Å². The lowest BCUT2D eigenvalue weighted by Gasteiger charge is -2.38. The molecule has 1 saturated heterocycles. The normalized spacial score (nSPS) is 18.7. The van der Waals surface area contributed by atoms with Crippen LogP contribution >= 0.6 is 12.4 Å². The first-order valence-corrected chi connectivity index (χ1v) is 5.75. The first kappa shape index (κ1) is 15.7. The Hall–Kier alpha value is -0.320. The maximum absolute atomic E-state index is 12.3. The van der Waals surface area contributed by atoms with Crippen LogP contribution in [-0.4, -0.2) is 49.7 Å². The van der Waals surface area contributed by atoms with Gasteiger partial charge in [0, 0.05) is 20.2 Å². The minimum absolute atomic E-state index is 0. The van der Waals surface area contributed by atoms with Gasteiger partial charge in [-0.05, 0) is 39.8 Å². The number of ether oxygens (including phenoxy) is 1. The summed E-state index contributed by atoms with van der Waals surface area (Å²) in [4.78, 5) is 14.1. The number of nitrogens with one attached hydrogen (secondary N) is 1. The Labute approximate surface area is 104 Å². The molecule has 0 spiro atoms. The molecule has 4 nitrogen and oxygen atoms in total. The fraction of sp³-hybridized carbons (Fsp3) is 0.909. The Balaban J connectivity index is 0.00000225. The SMILES string of the molecule is CCN(CC)C(=O)C1(OC)CCNCC1.Cl. The number of piperidine rings is 1. The maximum atomic E-state index is 12.3. The third-order valence-electron chi connectivity index (χ3n) is 3.24. The fourth-order valence-electron chi connectivity index (χ4n) is 2.13. The number of hydrogen-bond donors (Lipinski definition) is 1. The molecule has 16 heavy (non-hydrogen) atoms. The van der Waals surface area contributed by atoms with Crippen molar-refractivity contribution in [3.63, 3.8) is 0 Å². The average Bonchev–Trinajstić information content (AvgIpc) is 2.31. The molecule has 1 heterocycles. The van der Waals surface area contributed by atoms with Gasteiger partial charge in [0.05, 0.1) is 0 Å². The Morgan fingerprint density at radius 2 is 1.81 bits per heavy atom. The van der Waals surface area contributed by atoms with Crippen molar-refractivity contribution >= 4 is 18.3 Å². The van der Waals surface area contributed by atoms with Gasteiger partial charge in [0.15, 0.2) is 0 Å². The van der Waals surface area contributed by atoms with Gasteiger partial charge in [-0.25, -0.2) is 0 Å². The zero-order valence-corrected chi connectivity index (χ0v) is 11.2. The van der Waals surface area contributed by atoms with Gasteiger partial charge < -0.3 is 15.0 Å². The van der Waals surface area contributed by atoms with Gasteiger partial charge in [0.1, 0.15) is 5.60 Å². The predicted molar refractivity (Wildman–Crippen MR) is 67.0 cm³/mol. The first-order valence-electron chi connectivity index (χ1n) is 5.75. The van der Waals surface area contributed by atoms with Gasteiger partial charge in [-0.2, -0.15) is 0 Å². The van der Waals surface area contributed by atoms with E-state index in [-0.39, 0.29) is 18.3 Å². The van der Waals surface area contributed by atoms with Crippen LogP contribution in [0, 0.1) is 0 Å². The van der Waals surface area contributed by atoms with E-state index in [4.69, 9.17) is 4.74 Å². The van der Waals surface area contributed by atoms with E-state index in [1.165, 1.54) is 0 Å². The largest absolute Gasteiger partial charge is 0.368 e. The second-order valence-corrected chi connectivity index (χ2v) is 3.93. The molecule has 0 aromatic rings. The summed E-state index contributed by atoms with van der Waals surface area (Å²) in [6, 6.07) is 0. The molecule has 1 N–H and O–H groups in total. The van der Waals surface area contributed by atoms with Crippen LogP contribution in [0.15, 0.2) is 0 Å². The number of carbonyl (C=O) groups excluding carboxylic acids is 1. The van der Waals surface area contributed by atoms with E-state index in [0.717, 1.165) is 39.0 Å².